The van der Waals surface area contributed by atoms with Gasteiger partial charge in [-0.2, -0.15) is 0 Å². The number of anilines is 1. The SMILES string of the molecule is C=CCCCCCC(NN)c1ccc(Cl)cc1N. The van der Waals surface area contributed by atoms with Gasteiger partial charge in [-0.25, -0.2) is 0 Å². The predicted molar refractivity (Wildman–Crippen MR) is 79.2 cm³/mol. The Morgan fingerprint density at radius 2 is 2.11 bits per heavy atom. The monoisotopic (exact) mass is 267 g/mol. The van der Waals surface area contributed by atoms with E-state index < -0.39 is 0 Å². The fraction of sp³-hybridized carbons (Fsp3) is 0.429. The Hall–Kier alpha value is -1.03. The van der Waals surface area contributed by atoms with Crippen molar-refractivity contribution in [3.8, 4) is 0 Å². The molecule has 100 valence electrons. The second kappa shape index (κ2) is 8.14. The molecule has 18 heavy (non-hydrogen) atoms. The third-order valence-electron chi connectivity index (χ3n) is 3.03. The molecule has 0 aliphatic heterocycles. The van der Waals surface area contributed by atoms with Crippen LogP contribution in [0.3, 0.4) is 0 Å². The summed E-state index contributed by atoms with van der Waals surface area (Å²) in [6, 6.07) is 5.63. The van der Waals surface area contributed by atoms with Crippen LogP contribution >= 0.6 is 11.6 Å². The molecule has 3 nitrogen and oxygen atoms in total. The highest BCUT2D eigenvalue weighted by Gasteiger charge is 2.12. The lowest BCUT2D eigenvalue weighted by Gasteiger charge is -2.18. The number of nitrogens with one attached hydrogen (secondary N) is 1. The summed E-state index contributed by atoms with van der Waals surface area (Å²) in [7, 11) is 0. The Morgan fingerprint density at radius 3 is 2.72 bits per heavy atom. The maximum absolute atomic E-state index is 5.96. The fourth-order valence-corrected chi connectivity index (χ4v) is 2.19. The van der Waals surface area contributed by atoms with Crippen LogP contribution in [0.4, 0.5) is 5.69 Å². The van der Waals surface area contributed by atoms with Gasteiger partial charge < -0.3 is 5.73 Å². The maximum atomic E-state index is 5.96. The van der Waals surface area contributed by atoms with Crippen molar-refractivity contribution in [2.24, 2.45) is 5.84 Å². The first kappa shape index (κ1) is 15.0. The van der Waals surface area contributed by atoms with Gasteiger partial charge >= 0.3 is 0 Å². The van der Waals surface area contributed by atoms with Gasteiger partial charge in [0, 0.05) is 16.8 Å². The van der Waals surface area contributed by atoms with Crippen LogP contribution in [0.15, 0.2) is 30.9 Å². The van der Waals surface area contributed by atoms with Crippen LogP contribution in [-0.4, -0.2) is 0 Å². The first-order chi connectivity index (χ1) is 8.69. The predicted octanol–water partition coefficient (Wildman–Crippen LogP) is 3.56. The number of nitrogens with two attached hydrogens (primary N) is 2. The number of nitrogen functional groups attached to an aromatic ring is 1. The molecule has 1 aromatic rings. The lowest BCUT2D eigenvalue weighted by Crippen LogP contribution is -2.28. The average molecular weight is 268 g/mol. The van der Waals surface area contributed by atoms with Crippen LogP contribution in [0.1, 0.15) is 43.7 Å². The Morgan fingerprint density at radius 1 is 1.33 bits per heavy atom. The fourth-order valence-electron chi connectivity index (χ4n) is 2.01. The highest BCUT2D eigenvalue weighted by Crippen LogP contribution is 2.27. The minimum absolute atomic E-state index is 0.0889. The van der Waals surface area contributed by atoms with Crippen molar-refractivity contribution < 1.29 is 0 Å². The van der Waals surface area contributed by atoms with Gasteiger partial charge in [-0.05, 0) is 37.0 Å². The molecule has 0 fully saturated rings. The van der Waals surface area contributed by atoms with Gasteiger partial charge in [-0.3, -0.25) is 11.3 Å². The first-order valence-corrected chi connectivity index (χ1v) is 6.68. The van der Waals surface area contributed by atoms with Gasteiger partial charge in [0.25, 0.3) is 0 Å². The van der Waals surface area contributed by atoms with Gasteiger partial charge in [-0.1, -0.05) is 36.6 Å². The number of hydrogen-bond donors (Lipinski definition) is 3. The van der Waals surface area contributed by atoms with Gasteiger partial charge in [0.15, 0.2) is 0 Å². The molecule has 4 heteroatoms. The molecular formula is C14H22ClN3. The van der Waals surface area contributed by atoms with E-state index in [-0.39, 0.29) is 6.04 Å². The summed E-state index contributed by atoms with van der Waals surface area (Å²) in [6.07, 6.45) is 7.47. The van der Waals surface area contributed by atoms with Crippen molar-refractivity contribution in [1.82, 2.24) is 5.43 Å². The van der Waals surface area contributed by atoms with E-state index in [0.717, 1.165) is 24.8 Å². The van der Waals surface area contributed by atoms with Crippen LogP contribution in [0.25, 0.3) is 0 Å². The second-order valence-corrected chi connectivity index (χ2v) is 4.86. The minimum atomic E-state index is 0.0889. The summed E-state index contributed by atoms with van der Waals surface area (Å²) in [5, 5.41) is 0.651. The normalized spacial score (nSPS) is 12.3. The molecule has 0 heterocycles. The zero-order valence-corrected chi connectivity index (χ0v) is 11.4. The Bertz CT molecular complexity index is 379. The highest BCUT2D eigenvalue weighted by molar-refractivity contribution is 6.30. The van der Waals surface area contributed by atoms with Gasteiger partial charge in [-0.15, -0.1) is 6.58 Å². The largest absolute Gasteiger partial charge is 0.398 e. The Labute approximate surface area is 114 Å². The molecular weight excluding hydrogens is 246 g/mol. The van der Waals surface area contributed by atoms with Crippen molar-refractivity contribution in [2.45, 2.75) is 38.1 Å². The number of hydrazine groups is 1. The molecule has 1 atom stereocenters. The van der Waals surface area contributed by atoms with E-state index in [1.807, 2.05) is 18.2 Å². The second-order valence-electron chi connectivity index (χ2n) is 4.42. The standard InChI is InChI=1S/C14H22ClN3/c1-2-3-4-5-6-7-14(18-17)12-9-8-11(15)10-13(12)16/h2,8-10,14,18H,1,3-7,16-17H2. The molecule has 0 aliphatic rings. The van der Waals surface area contributed by atoms with Gasteiger partial charge in [0.05, 0.1) is 0 Å². The lowest BCUT2D eigenvalue weighted by molar-refractivity contribution is 0.485. The molecule has 0 amide bonds. The van der Waals surface area contributed by atoms with Crippen molar-refractivity contribution in [1.29, 1.82) is 0 Å². The van der Waals surface area contributed by atoms with Gasteiger partial charge in [0.2, 0.25) is 0 Å². The minimum Gasteiger partial charge on any atom is -0.398 e. The maximum Gasteiger partial charge on any atom is 0.0480 e. The molecule has 0 bridgehead atoms. The molecule has 0 saturated heterocycles. The Balaban J connectivity index is 2.52. The quantitative estimate of drug-likeness (QED) is 0.222. The number of allylic oxidation sites excluding steroid dienone is 1. The molecule has 0 spiro atoms. The first-order valence-electron chi connectivity index (χ1n) is 6.31. The van der Waals surface area contributed by atoms with Crippen molar-refractivity contribution in [3.05, 3.63) is 41.4 Å². The summed E-state index contributed by atoms with van der Waals surface area (Å²) < 4.78 is 0. The number of hydrogen-bond acceptors (Lipinski definition) is 3. The van der Waals surface area contributed by atoms with E-state index in [1.165, 1.54) is 12.8 Å². The van der Waals surface area contributed by atoms with E-state index in [2.05, 4.69) is 12.0 Å². The molecule has 1 unspecified atom stereocenters. The van der Waals surface area contributed by atoms with E-state index in [0.29, 0.717) is 10.7 Å². The summed E-state index contributed by atoms with van der Waals surface area (Å²) >= 11 is 5.89. The highest BCUT2D eigenvalue weighted by atomic mass is 35.5. The number of benzene rings is 1. The molecule has 5 N–H and O–H groups in total. The third kappa shape index (κ3) is 4.69. The summed E-state index contributed by atoms with van der Waals surface area (Å²) in [4.78, 5) is 0. The smallest absolute Gasteiger partial charge is 0.0480 e. The molecule has 0 aliphatic carbocycles. The molecule has 0 aromatic heterocycles. The molecule has 1 aromatic carbocycles. The average Bonchev–Trinajstić information content (AvgIpc) is 2.35. The summed E-state index contributed by atoms with van der Waals surface area (Å²) in [6.45, 7) is 3.72. The van der Waals surface area contributed by atoms with Crippen LogP contribution in [0, 0.1) is 0 Å². The van der Waals surface area contributed by atoms with Crippen LogP contribution in [-0.2, 0) is 0 Å². The summed E-state index contributed by atoms with van der Waals surface area (Å²) in [5.41, 5.74) is 10.5. The Kier molecular flexibility index (Phi) is 6.80. The molecule has 1 rings (SSSR count). The number of halogens is 1. The van der Waals surface area contributed by atoms with E-state index >= 15 is 0 Å². The van der Waals surface area contributed by atoms with Crippen molar-refractivity contribution in [3.63, 3.8) is 0 Å². The van der Waals surface area contributed by atoms with Crippen molar-refractivity contribution in [2.75, 3.05) is 5.73 Å². The molecule has 0 saturated carbocycles. The topological polar surface area (TPSA) is 64.1 Å². The van der Waals surface area contributed by atoms with E-state index in [4.69, 9.17) is 23.2 Å². The third-order valence-corrected chi connectivity index (χ3v) is 3.26. The molecule has 0 radical (unpaired) electrons. The van der Waals surface area contributed by atoms with Crippen LogP contribution in [0.5, 0.6) is 0 Å². The summed E-state index contributed by atoms with van der Waals surface area (Å²) in [5.74, 6) is 5.60. The van der Waals surface area contributed by atoms with E-state index in [1.54, 1.807) is 6.07 Å². The van der Waals surface area contributed by atoms with E-state index in [9.17, 15) is 0 Å². The van der Waals surface area contributed by atoms with Crippen LogP contribution < -0.4 is 17.0 Å². The zero-order valence-electron chi connectivity index (χ0n) is 10.7. The zero-order chi connectivity index (χ0) is 13.4. The van der Waals surface area contributed by atoms with Gasteiger partial charge in [0.1, 0.15) is 0 Å². The number of unbranched alkanes of at least 4 members (excludes halogenated alkanes) is 3. The van der Waals surface area contributed by atoms with Crippen LogP contribution in [0.2, 0.25) is 5.02 Å². The number of rotatable bonds is 8. The lowest BCUT2D eigenvalue weighted by atomic mass is 9.99. The van der Waals surface area contributed by atoms with Crippen molar-refractivity contribution >= 4 is 17.3 Å².